The average molecular weight is 517 g/mol. The molecular weight excluding hydrogens is 476 g/mol. The van der Waals surface area contributed by atoms with Crippen molar-refractivity contribution in [2.45, 2.75) is 83.2 Å². The van der Waals surface area contributed by atoms with Crippen molar-refractivity contribution in [1.82, 2.24) is 14.8 Å². The fourth-order valence-electron chi connectivity index (χ4n) is 6.27. The van der Waals surface area contributed by atoms with Crippen LogP contribution in [0.15, 0.2) is 48.8 Å². The number of benzene rings is 2. The van der Waals surface area contributed by atoms with Crippen LogP contribution >= 0.6 is 0 Å². The molecule has 7 nitrogen and oxygen atoms in total. The van der Waals surface area contributed by atoms with Gasteiger partial charge in [0.1, 0.15) is 23.5 Å². The summed E-state index contributed by atoms with van der Waals surface area (Å²) in [5.41, 5.74) is 2.94. The number of aryl methyl sites for hydroxylation is 2. The highest BCUT2D eigenvalue weighted by Gasteiger charge is 2.41. The van der Waals surface area contributed by atoms with Gasteiger partial charge in [-0.25, -0.2) is 9.67 Å². The van der Waals surface area contributed by atoms with Gasteiger partial charge in [-0.3, -0.25) is 4.79 Å². The number of aliphatic hydroxyl groups is 1. The molecule has 202 valence electrons. The Bertz CT molecular complexity index is 1260. The van der Waals surface area contributed by atoms with Gasteiger partial charge in [0, 0.05) is 12.2 Å². The van der Waals surface area contributed by atoms with Crippen LogP contribution in [0.1, 0.15) is 80.7 Å². The zero-order chi connectivity index (χ0) is 26.7. The van der Waals surface area contributed by atoms with Gasteiger partial charge in [0.15, 0.2) is 0 Å². The third-order valence-electron chi connectivity index (χ3n) is 8.51. The van der Waals surface area contributed by atoms with E-state index in [1.54, 1.807) is 18.1 Å². The minimum Gasteiger partial charge on any atom is -0.496 e. The molecule has 0 bridgehead atoms. The first-order chi connectivity index (χ1) is 18.4. The van der Waals surface area contributed by atoms with Crippen LogP contribution in [0.3, 0.4) is 0 Å². The number of carbonyl (C=O) groups is 1. The third kappa shape index (κ3) is 5.63. The standard InChI is InChI=1S/C31H40N4O3/c1-22-18-26(14-15-29(22)38-3)25-12-10-24(11-13-25)20-34(30(36)31(37)16-5-4-6-17-31)27-8-7-9-28(19-27)35-21-32-23(2)33-35/h7-9,14-15,18-19,21,24-25,37H,4-6,10-13,16-17,20H2,1-3H3. The van der Waals surface area contributed by atoms with Gasteiger partial charge in [0.05, 0.1) is 12.8 Å². The van der Waals surface area contributed by atoms with Crippen LogP contribution in [0, 0.1) is 19.8 Å². The van der Waals surface area contributed by atoms with E-state index >= 15 is 0 Å². The fourth-order valence-corrected chi connectivity index (χ4v) is 6.27. The second-order valence-electron chi connectivity index (χ2n) is 11.2. The molecule has 0 spiro atoms. The maximum absolute atomic E-state index is 14.0. The van der Waals surface area contributed by atoms with E-state index in [9.17, 15) is 9.90 Å². The van der Waals surface area contributed by atoms with Crippen LogP contribution in [0.5, 0.6) is 5.75 Å². The average Bonchev–Trinajstić information content (AvgIpc) is 3.38. The van der Waals surface area contributed by atoms with E-state index in [1.807, 2.05) is 36.1 Å². The molecule has 0 atom stereocenters. The highest BCUT2D eigenvalue weighted by atomic mass is 16.5. The normalized spacial score (nSPS) is 21.2. The Hall–Kier alpha value is -3.19. The number of ether oxygens (including phenoxy) is 1. The summed E-state index contributed by atoms with van der Waals surface area (Å²) in [6, 6.07) is 14.4. The molecule has 0 aliphatic heterocycles. The summed E-state index contributed by atoms with van der Waals surface area (Å²) in [7, 11) is 1.72. The van der Waals surface area contributed by atoms with Gasteiger partial charge >= 0.3 is 0 Å². The van der Waals surface area contributed by atoms with Gasteiger partial charge in [0.2, 0.25) is 0 Å². The minimum atomic E-state index is -1.28. The summed E-state index contributed by atoms with van der Waals surface area (Å²) in [5, 5.41) is 15.9. The maximum Gasteiger partial charge on any atom is 0.258 e. The molecule has 2 aliphatic carbocycles. The number of methoxy groups -OCH3 is 1. The molecule has 0 radical (unpaired) electrons. The Kier molecular flexibility index (Phi) is 7.84. The SMILES string of the molecule is COc1ccc(C2CCC(CN(C(=O)C3(O)CCCCC3)c3cccc(-n4cnc(C)n4)c3)CC2)cc1C. The van der Waals surface area contributed by atoms with E-state index in [2.05, 4.69) is 35.2 Å². The second kappa shape index (κ2) is 11.3. The summed E-state index contributed by atoms with van der Waals surface area (Å²) in [6.07, 6.45) is 9.92. The summed E-state index contributed by atoms with van der Waals surface area (Å²) in [6.45, 7) is 4.58. The van der Waals surface area contributed by atoms with E-state index in [0.29, 0.717) is 37.0 Å². The lowest BCUT2D eigenvalue weighted by Crippen LogP contribution is -2.52. The van der Waals surface area contributed by atoms with Crippen molar-refractivity contribution in [3.63, 3.8) is 0 Å². The van der Waals surface area contributed by atoms with Crippen LogP contribution in [0.2, 0.25) is 0 Å². The van der Waals surface area contributed by atoms with E-state index in [4.69, 9.17) is 4.74 Å². The van der Waals surface area contributed by atoms with E-state index in [-0.39, 0.29) is 5.91 Å². The monoisotopic (exact) mass is 516 g/mol. The molecule has 1 N–H and O–H groups in total. The molecule has 7 heteroatoms. The molecule has 1 aromatic heterocycles. The molecule has 2 saturated carbocycles. The van der Waals surface area contributed by atoms with Crippen molar-refractivity contribution >= 4 is 11.6 Å². The quantitative estimate of drug-likeness (QED) is 0.423. The molecule has 2 aromatic carbocycles. The lowest BCUT2D eigenvalue weighted by molar-refractivity contribution is -0.140. The zero-order valence-corrected chi connectivity index (χ0v) is 22.9. The van der Waals surface area contributed by atoms with Crippen molar-refractivity contribution in [1.29, 1.82) is 0 Å². The lowest BCUT2D eigenvalue weighted by atomic mass is 9.78. The highest BCUT2D eigenvalue weighted by Crippen LogP contribution is 2.39. The minimum absolute atomic E-state index is 0.156. The van der Waals surface area contributed by atoms with Crippen LogP contribution in [0.25, 0.3) is 5.69 Å². The third-order valence-corrected chi connectivity index (χ3v) is 8.51. The smallest absolute Gasteiger partial charge is 0.258 e. The van der Waals surface area contributed by atoms with Crippen LogP contribution < -0.4 is 9.64 Å². The fraction of sp³-hybridized carbons (Fsp3) is 0.516. The first-order valence-corrected chi connectivity index (χ1v) is 14.0. The number of rotatable bonds is 7. The second-order valence-corrected chi connectivity index (χ2v) is 11.2. The number of nitrogens with zero attached hydrogens (tertiary/aromatic N) is 4. The molecule has 2 fully saturated rings. The molecule has 3 aromatic rings. The van der Waals surface area contributed by atoms with Crippen molar-refractivity contribution in [2.75, 3.05) is 18.6 Å². The van der Waals surface area contributed by atoms with Gasteiger partial charge in [-0.05, 0) is 99.6 Å². The lowest BCUT2D eigenvalue weighted by Gasteiger charge is -2.39. The Morgan fingerprint density at radius 1 is 1.08 bits per heavy atom. The molecule has 0 saturated heterocycles. The molecule has 0 unspecified atom stereocenters. The molecule has 1 amide bonds. The van der Waals surface area contributed by atoms with Crippen molar-refractivity contribution in [3.8, 4) is 11.4 Å². The number of anilines is 1. The Balaban J connectivity index is 1.35. The van der Waals surface area contributed by atoms with E-state index < -0.39 is 5.60 Å². The number of aromatic nitrogens is 3. The predicted molar refractivity (Wildman–Crippen MR) is 149 cm³/mol. The van der Waals surface area contributed by atoms with E-state index in [1.165, 1.54) is 11.1 Å². The number of carbonyl (C=O) groups excluding carboxylic acids is 1. The first-order valence-electron chi connectivity index (χ1n) is 14.0. The molecule has 2 aliphatic rings. The largest absolute Gasteiger partial charge is 0.496 e. The van der Waals surface area contributed by atoms with Crippen LogP contribution in [-0.2, 0) is 4.79 Å². The summed E-state index contributed by atoms with van der Waals surface area (Å²) in [5.74, 6) is 2.39. The molecular formula is C31H40N4O3. The first kappa shape index (κ1) is 26.4. The Morgan fingerprint density at radius 2 is 1.84 bits per heavy atom. The van der Waals surface area contributed by atoms with Gasteiger partial charge in [-0.15, -0.1) is 0 Å². The highest BCUT2D eigenvalue weighted by molar-refractivity contribution is 5.99. The predicted octanol–water partition coefficient (Wildman–Crippen LogP) is 5.89. The molecule has 38 heavy (non-hydrogen) atoms. The molecule has 1 heterocycles. The van der Waals surface area contributed by atoms with Crippen molar-refractivity contribution in [3.05, 3.63) is 65.7 Å². The topological polar surface area (TPSA) is 80.5 Å². The summed E-state index contributed by atoms with van der Waals surface area (Å²) in [4.78, 5) is 20.1. The summed E-state index contributed by atoms with van der Waals surface area (Å²) < 4.78 is 7.18. The van der Waals surface area contributed by atoms with Gasteiger partial charge in [-0.1, -0.05) is 37.5 Å². The van der Waals surface area contributed by atoms with Crippen LogP contribution in [0.4, 0.5) is 5.69 Å². The van der Waals surface area contributed by atoms with Crippen LogP contribution in [-0.4, -0.2) is 45.0 Å². The summed E-state index contributed by atoms with van der Waals surface area (Å²) >= 11 is 0. The van der Waals surface area contributed by atoms with Crippen molar-refractivity contribution in [2.24, 2.45) is 5.92 Å². The van der Waals surface area contributed by atoms with E-state index in [0.717, 1.165) is 62.1 Å². The zero-order valence-electron chi connectivity index (χ0n) is 22.9. The van der Waals surface area contributed by atoms with Crippen molar-refractivity contribution < 1.29 is 14.6 Å². The van der Waals surface area contributed by atoms with Gasteiger partial charge in [-0.2, -0.15) is 5.10 Å². The number of hydrogen-bond donors (Lipinski definition) is 1. The van der Waals surface area contributed by atoms with Gasteiger partial charge in [0.25, 0.3) is 5.91 Å². The number of hydrogen-bond acceptors (Lipinski definition) is 5. The number of amides is 1. The Labute approximate surface area is 225 Å². The Morgan fingerprint density at radius 3 is 2.50 bits per heavy atom. The maximum atomic E-state index is 14.0. The van der Waals surface area contributed by atoms with Gasteiger partial charge < -0.3 is 14.7 Å². The molecule has 5 rings (SSSR count).